The van der Waals surface area contributed by atoms with E-state index < -0.39 is 11.9 Å². The summed E-state index contributed by atoms with van der Waals surface area (Å²) in [6.07, 6.45) is 6.02. The molecule has 6 nitrogen and oxygen atoms in total. The molecule has 0 aromatic rings. The first-order chi connectivity index (χ1) is 8.70. The highest BCUT2D eigenvalue weighted by atomic mass is 16.5. The van der Waals surface area contributed by atoms with E-state index in [1.165, 1.54) is 12.2 Å². The molecule has 0 bridgehead atoms. The van der Waals surface area contributed by atoms with Crippen LogP contribution in [0, 0.1) is 0 Å². The molecule has 0 rings (SSSR count). The second-order valence-electron chi connectivity index (χ2n) is 3.22. The van der Waals surface area contributed by atoms with E-state index in [1.54, 1.807) is 0 Å². The summed E-state index contributed by atoms with van der Waals surface area (Å²) in [5.74, 6) is -1.29. The van der Waals surface area contributed by atoms with Crippen molar-refractivity contribution in [1.29, 1.82) is 0 Å². The monoisotopic (exact) mass is 258 g/mol. The van der Waals surface area contributed by atoms with Crippen LogP contribution >= 0.6 is 0 Å². The Labute approximate surface area is 106 Å². The summed E-state index contributed by atoms with van der Waals surface area (Å²) < 4.78 is 9.42. The van der Waals surface area contributed by atoms with Crippen LogP contribution in [0.1, 0.15) is 12.8 Å². The van der Waals surface area contributed by atoms with Crippen molar-refractivity contribution in [3.63, 3.8) is 0 Å². The van der Waals surface area contributed by atoms with Crippen molar-refractivity contribution in [2.75, 3.05) is 26.4 Å². The number of aliphatic hydroxyl groups excluding tert-OH is 2. The molecule has 0 saturated carbocycles. The van der Waals surface area contributed by atoms with Gasteiger partial charge in [0, 0.05) is 18.8 Å². The van der Waals surface area contributed by atoms with Crippen LogP contribution in [0.3, 0.4) is 0 Å². The molecule has 2 N–H and O–H groups in total. The van der Waals surface area contributed by atoms with Gasteiger partial charge in [0.05, 0.1) is 13.2 Å². The average Bonchev–Trinajstić information content (AvgIpc) is 2.37. The second kappa shape index (κ2) is 11.8. The number of hydrogen-bond donors (Lipinski definition) is 2. The molecule has 102 valence electrons. The second-order valence-corrected chi connectivity index (χ2v) is 3.22. The highest BCUT2D eigenvalue weighted by Gasteiger charge is 1.99. The molecule has 0 spiro atoms. The van der Waals surface area contributed by atoms with E-state index in [0.717, 1.165) is 12.2 Å². The SMILES string of the molecule is O=C(C=CC(=O)OCCCCO)OCC=CCO. The van der Waals surface area contributed by atoms with E-state index in [0.29, 0.717) is 12.8 Å². The molecule has 0 aliphatic carbocycles. The van der Waals surface area contributed by atoms with E-state index in [2.05, 4.69) is 4.74 Å². The molecule has 0 aliphatic rings. The molecular weight excluding hydrogens is 240 g/mol. The zero-order chi connectivity index (χ0) is 13.6. The predicted octanol–water partition coefficient (Wildman–Crippen LogP) is -0.0500. The van der Waals surface area contributed by atoms with Crippen molar-refractivity contribution < 1.29 is 29.3 Å². The molecule has 0 unspecified atom stereocenters. The van der Waals surface area contributed by atoms with Gasteiger partial charge in [-0.3, -0.25) is 0 Å². The van der Waals surface area contributed by atoms with Crippen LogP contribution in [0.15, 0.2) is 24.3 Å². The van der Waals surface area contributed by atoms with Gasteiger partial charge in [0.15, 0.2) is 0 Å². The van der Waals surface area contributed by atoms with Crippen LogP contribution < -0.4 is 0 Å². The van der Waals surface area contributed by atoms with Crippen LogP contribution in [0.25, 0.3) is 0 Å². The number of esters is 2. The summed E-state index contributed by atoms with van der Waals surface area (Å²) in [5, 5.41) is 16.9. The van der Waals surface area contributed by atoms with Crippen LogP contribution in [0.4, 0.5) is 0 Å². The Morgan fingerprint density at radius 3 is 2.22 bits per heavy atom. The maximum Gasteiger partial charge on any atom is 0.331 e. The molecule has 0 aromatic heterocycles. The van der Waals surface area contributed by atoms with Crippen molar-refractivity contribution in [1.82, 2.24) is 0 Å². The molecule has 0 atom stereocenters. The van der Waals surface area contributed by atoms with Gasteiger partial charge in [-0.2, -0.15) is 0 Å². The minimum absolute atomic E-state index is 0.0370. The lowest BCUT2D eigenvalue weighted by molar-refractivity contribution is -0.140. The maximum absolute atomic E-state index is 11.1. The predicted molar refractivity (Wildman–Crippen MR) is 63.6 cm³/mol. The molecule has 0 amide bonds. The van der Waals surface area contributed by atoms with Crippen LogP contribution in [-0.4, -0.2) is 48.6 Å². The number of unbranched alkanes of at least 4 members (excludes halogenated alkanes) is 1. The first kappa shape index (κ1) is 16.3. The largest absolute Gasteiger partial charge is 0.463 e. The number of carbonyl (C=O) groups excluding carboxylic acids is 2. The summed E-state index contributed by atoms with van der Waals surface area (Å²) in [5.41, 5.74) is 0. The fourth-order valence-electron chi connectivity index (χ4n) is 0.892. The van der Waals surface area contributed by atoms with Gasteiger partial charge in [0.1, 0.15) is 6.61 Å². The Morgan fingerprint density at radius 1 is 0.944 bits per heavy atom. The molecule has 0 aromatic carbocycles. The van der Waals surface area contributed by atoms with Crippen molar-refractivity contribution in [2.45, 2.75) is 12.8 Å². The normalized spacial score (nSPS) is 11.0. The Balaban J connectivity index is 3.68. The summed E-state index contributed by atoms with van der Waals surface area (Å²) in [4.78, 5) is 22.1. The minimum atomic E-state index is -0.662. The van der Waals surface area contributed by atoms with Gasteiger partial charge in [-0.05, 0) is 18.9 Å². The highest BCUT2D eigenvalue weighted by molar-refractivity contribution is 5.91. The van der Waals surface area contributed by atoms with Gasteiger partial charge >= 0.3 is 11.9 Å². The van der Waals surface area contributed by atoms with Crippen molar-refractivity contribution >= 4 is 11.9 Å². The standard InChI is InChI=1S/C12H18O6/c13-7-1-3-9-17-11(15)5-6-12(16)18-10-4-2-8-14/h1,3,5-6,13-14H,2,4,7-10H2. The summed E-state index contributed by atoms with van der Waals surface area (Å²) in [7, 11) is 0. The minimum Gasteiger partial charge on any atom is -0.463 e. The Bertz CT molecular complexity index is 295. The van der Waals surface area contributed by atoms with E-state index in [1.807, 2.05) is 0 Å². The third-order valence-electron chi connectivity index (χ3n) is 1.75. The first-order valence-corrected chi connectivity index (χ1v) is 5.59. The third kappa shape index (κ3) is 10.8. The lowest BCUT2D eigenvalue weighted by Gasteiger charge is -2.00. The number of carbonyl (C=O) groups is 2. The average molecular weight is 258 g/mol. The van der Waals surface area contributed by atoms with Gasteiger partial charge in [0.25, 0.3) is 0 Å². The van der Waals surface area contributed by atoms with E-state index >= 15 is 0 Å². The van der Waals surface area contributed by atoms with Gasteiger partial charge in [0.2, 0.25) is 0 Å². The van der Waals surface area contributed by atoms with Crippen LogP contribution in [0.5, 0.6) is 0 Å². The smallest absolute Gasteiger partial charge is 0.331 e. The fraction of sp³-hybridized carbons (Fsp3) is 0.500. The molecule has 0 saturated heterocycles. The van der Waals surface area contributed by atoms with E-state index in [4.69, 9.17) is 14.9 Å². The van der Waals surface area contributed by atoms with Gasteiger partial charge < -0.3 is 19.7 Å². The lowest BCUT2D eigenvalue weighted by atomic mass is 10.3. The first-order valence-electron chi connectivity index (χ1n) is 5.59. The topological polar surface area (TPSA) is 93.1 Å². The molecular formula is C12H18O6. The zero-order valence-corrected chi connectivity index (χ0v) is 10.1. The number of aliphatic hydroxyl groups is 2. The molecule has 0 aliphatic heterocycles. The fourth-order valence-corrected chi connectivity index (χ4v) is 0.892. The van der Waals surface area contributed by atoms with Crippen LogP contribution in [0.2, 0.25) is 0 Å². The molecule has 0 heterocycles. The number of rotatable bonds is 9. The number of ether oxygens (including phenoxy) is 2. The third-order valence-corrected chi connectivity index (χ3v) is 1.75. The molecule has 18 heavy (non-hydrogen) atoms. The lowest BCUT2D eigenvalue weighted by Crippen LogP contribution is -2.05. The summed E-state index contributed by atoms with van der Waals surface area (Å²) in [6.45, 7) is 0.182. The Morgan fingerprint density at radius 2 is 1.61 bits per heavy atom. The van der Waals surface area contributed by atoms with Gasteiger partial charge in [-0.15, -0.1) is 0 Å². The van der Waals surface area contributed by atoms with Gasteiger partial charge in [-0.1, -0.05) is 6.08 Å². The highest BCUT2D eigenvalue weighted by Crippen LogP contribution is 1.91. The maximum atomic E-state index is 11.1. The molecule has 6 heteroatoms. The van der Waals surface area contributed by atoms with Crippen molar-refractivity contribution in [3.8, 4) is 0 Å². The quantitative estimate of drug-likeness (QED) is 0.261. The van der Waals surface area contributed by atoms with Crippen molar-refractivity contribution in [2.24, 2.45) is 0 Å². The van der Waals surface area contributed by atoms with Gasteiger partial charge in [-0.25, -0.2) is 9.59 Å². The molecule has 0 fully saturated rings. The zero-order valence-electron chi connectivity index (χ0n) is 10.1. The molecule has 0 radical (unpaired) electrons. The van der Waals surface area contributed by atoms with Crippen molar-refractivity contribution in [3.05, 3.63) is 24.3 Å². The van der Waals surface area contributed by atoms with E-state index in [-0.39, 0.29) is 26.4 Å². The number of hydrogen-bond acceptors (Lipinski definition) is 6. The Hall–Kier alpha value is -1.66. The Kier molecular flexibility index (Phi) is 10.7. The van der Waals surface area contributed by atoms with E-state index in [9.17, 15) is 9.59 Å². The summed E-state index contributed by atoms with van der Waals surface area (Å²) >= 11 is 0. The van der Waals surface area contributed by atoms with Crippen LogP contribution in [-0.2, 0) is 19.1 Å². The summed E-state index contributed by atoms with van der Waals surface area (Å²) in [6, 6.07) is 0.